The minimum absolute atomic E-state index is 0.395. The van der Waals surface area contributed by atoms with Crippen LogP contribution in [0.25, 0.3) is 0 Å². The zero-order valence-corrected chi connectivity index (χ0v) is 20.4. The Morgan fingerprint density at radius 1 is 1.12 bits per heavy atom. The van der Waals surface area contributed by atoms with Crippen LogP contribution >= 0.6 is 11.6 Å². The molecule has 2 aliphatic rings. The molecule has 1 aliphatic heterocycles. The van der Waals surface area contributed by atoms with Crippen molar-refractivity contribution in [3.8, 4) is 0 Å². The van der Waals surface area contributed by atoms with Gasteiger partial charge in [0.2, 0.25) is 11.9 Å². The Morgan fingerprint density at radius 2 is 1.84 bits per heavy atom. The van der Waals surface area contributed by atoms with Crippen molar-refractivity contribution in [3.05, 3.63) is 29.3 Å². The number of likely N-dealkylation sites (tertiary alicyclic amines) is 1. The summed E-state index contributed by atoms with van der Waals surface area (Å²) in [5, 5.41) is 7.78. The number of guanidine groups is 2. The number of aliphatic imine (C=N–C) groups is 2. The zero-order chi connectivity index (χ0) is 22.8. The van der Waals surface area contributed by atoms with Crippen molar-refractivity contribution < 1.29 is 0 Å². The smallest absolute Gasteiger partial charge is 0.222 e. The first-order chi connectivity index (χ1) is 15.6. The first-order valence-corrected chi connectivity index (χ1v) is 12.5. The molecule has 0 aromatic heterocycles. The molecule has 0 bridgehead atoms. The van der Waals surface area contributed by atoms with Gasteiger partial charge in [0.1, 0.15) is 0 Å². The molecule has 1 aromatic rings. The molecule has 4 N–H and O–H groups in total. The number of hydrogen-bond donors (Lipinski definition) is 3. The minimum Gasteiger partial charge on any atom is -0.369 e. The summed E-state index contributed by atoms with van der Waals surface area (Å²) >= 11 is 6.02. The Bertz CT molecular complexity index is 741. The van der Waals surface area contributed by atoms with E-state index < -0.39 is 0 Å². The van der Waals surface area contributed by atoms with Gasteiger partial charge in [0.15, 0.2) is 0 Å². The molecule has 32 heavy (non-hydrogen) atoms. The van der Waals surface area contributed by atoms with Gasteiger partial charge in [-0.05, 0) is 63.0 Å². The molecule has 1 saturated heterocycles. The van der Waals surface area contributed by atoms with Gasteiger partial charge in [-0.3, -0.25) is 10.2 Å². The lowest BCUT2D eigenvalue weighted by Gasteiger charge is -2.24. The van der Waals surface area contributed by atoms with Crippen LogP contribution in [0.15, 0.2) is 34.3 Å². The van der Waals surface area contributed by atoms with E-state index in [1.807, 2.05) is 36.2 Å². The molecule has 1 atom stereocenters. The van der Waals surface area contributed by atoms with Crippen molar-refractivity contribution in [2.24, 2.45) is 15.7 Å². The highest BCUT2D eigenvalue weighted by molar-refractivity contribution is 6.30. The molecule has 0 amide bonds. The Kier molecular flexibility index (Phi) is 10.1. The molecule has 8 heteroatoms. The normalized spacial score (nSPS) is 21.5. The van der Waals surface area contributed by atoms with Crippen molar-refractivity contribution in [1.29, 1.82) is 0 Å². The number of nitrogens with two attached hydrogens (primary N) is 1. The summed E-state index contributed by atoms with van der Waals surface area (Å²) in [4.78, 5) is 13.8. The first kappa shape index (κ1) is 24.8. The highest BCUT2D eigenvalue weighted by Crippen LogP contribution is 2.18. The van der Waals surface area contributed by atoms with E-state index >= 15 is 0 Å². The summed E-state index contributed by atoms with van der Waals surface area (Å²) in [6.07, 6.45) is 10.2. The summed E-state index contributed by atoms with van der Waals surface area (Å²) in [6.45, 7) is 5.85. The third-order valence-corrected chi connectivity index (χ3v) is 6.90. The predicted octanol–water partition coefficient (Wildman–Crippen LogP) is 3.79. The number of rotatable bonds is 7. The van der Waals surface area contributed by atoms with Crippen LogP contribution in [0, 0.1) is 0 Å². The number of nitrogens with one attached hydrogen (secondary N) is 2. The van der Waals surface area contributed by atoms with E-state index in [9.17, 15) is 0 Å². The van der Waals surface area contributed by atoms with E-state index in [1.165, 1.54) is 57.9 Å². The van der Waals surface area contributed by atoms with Gasteiger partial charge in [0.05, 0.1) is 6.67 Å². The van der Waals surface area contributed by atoms with Gasteiger partial charge in [-0.1, -0.05) is 44.2 Å². The van der Waals surface area contributed by atoms with Crippen LogP contribution in [0.1, 0.15) is 58.3 Å². The van der Waals surface area contributed by atoms with E-state index in [0.29, 0.717) is 35.7 Å². The largest absolute Gasteiger partial charge is 0.369 e. The van der Waals surface area contributed by atoms with Crippen LogP contribution in [-0.4, -0.2) is 62.3 Å². The molecule has 2 fully saturated rings. The van der Waals surface area contributed by atoms with E-state index in [4.69, 9.17) is 22.3 Å². The van der Waals surface area contributed by atoms with Crippen molar-refractivity contribution in [1.82, 2.24) is 15.5 Å². The topological polar surface area (TPSA) is 81.3 Å². The Balaban J connectivity index is 1.66. The molecule has 1 saturated carbocycles. The van der Waals surface area contributed by atoms with E-state index in [2.05, 4.69) is 27.4 Å². The molecule has 1 unspecified atom stereocenters. The molecule has 1 aliphatic carbocycles. The molecule has 0 spiro atoms. The van der Waals surface area contributed by atoms with Gasteiger partial charge in [-0.2, -0.15) is 4.99 Å². The molecule has 3 rings (SSSR count). The quantitative estimate of drug-likeness (QED) is 0.327. The third kappa shape index (κ3) is 7.64. The maximum absolute atomic E-state index is 6.35. The summed E-state index contributed by atoms with van der Waals surface area (Å²) < 4.78 is 0. The number of nitrogens with zero attached hydrogens (tertiary/aromatic N) is 4. The van der Waals surface area contributed by atoms with Gasteiger partial charge in [0, 0.05) is 36.4 Å². The zero-order valence-electron chi connectivity index (χ0n) is 19.7. The van der Waals surface area contributed by atoms with Crippen LogP contribution in [-0.2, 0) is 0 Å². The average Bonchev–Trinajstić information content (AvgIpc) is 3.10. The van der Waals surface area contributed by atoms with Crippen LogP contribution in [0.4, 0.5) is 5.69 Å². The average molecular weight is 462 g/mol. The van der Waals surface area contributed by atoms with Crippen LogP contribution in [0.2, 0.25) is 5.02 Å². The highest BCUT2D eigenvalue weighted by Gasteiger charge is 2.23. The summed E-state index contributed by atoms with van der Waals surface area (Å²) in [6, 6.07) is 8.63. The number of likely N-dealkylation sites (N-methyl/N-ethyl adjacent to an activating group) is 1. The maximum atomic E-state index is 6.35. The maximum Gasteiger partial charge on any atom is 0.222 e. The Morgan fingerprint density at radius 3 is 2.53 bits per heavy atom. The molecule has 1 heterocycles. The fourth-order valence-electron chi connectivity index (χ4n) is 4.60. The SMILES string of the molecule is CCN1CCCC1CNC(=N/CNC1CCCCCC1)/N=C(\N)N(C)c1ccc(Cl)cc1. The van der Waals surface area contributed by atoms with E-state index in [0.717, 1.165) is 18.8 Å². The first-order valence-electron chi connectivity index (χ1n) is 12.2. The summed E-state index contributed by atoms with van der Waals surface area (Å²) in [7, 11) is 1.90. The standard InChI is InChI=1S/C24H40ClN7/c1-3-32-16-8-11-22(32)17-27-24(29-18-28-20-9-6-4-5-7-10-20)30-23(26)31(2)21-14-12-19(25)13-15-21/h12-15,20,22,28H,3-11,16-18H2,1-2H3,(H3,26,27,29,30). The molecule has 0 radical (unpaired) electrons. The summed E-state index contributed by atoms with van der Waals surface area (Å²) in [5.74, 6) is 0.985. The second-order valence-corrected chi connectivity index (χ2v) is 9.28. The monoisotopic (exact) mass is 461 g/mol. The minimum atomic E-state index is 0.395. The van der Waals surface area contributed by atoms with Crippen molar-refractivity contribution in [2.45, 2.75) is 70.4 Å². The lowest BCUT2D eigenvalue weighted by Crippen LogP contribution is -2.42. The van der Waals surface area contributed by atoms with E-state index in [-0.39, 0.29) is 0 Å². The molecule has 7 nitrogen and oxygen atoms in total. The number of anilines is 1. The molecular weight excluding hydrogens is 422 g/mol. The van der Waals surface area contributed by atoms with Crippen LogP contribution in [0.3, 0.4) is 0 Å². The van der Waals surface area contributed by atoms with Gasteiger partial charge < -0.3 is 16.0 Å². The van der Waals surface area contributed by atoms with Gasteiger partial charge in [0.25, 0.3) is 0 Å². The number of hydrogen-bond acceptors (Lipinski definition) is 3. The van der Waals surface area contributed by atoms with Crippen LogP contribution < -0.4 is 21.3 Å². The number of benzene rings is 1. The van der Waals surface area contributed by atoms with Gasteiger partial charge in [-0.15, -0.1) is 0 Å². The molecule has 1 aromatic carbocycles. The lowest BCUT2D eigenvalue weighted by atomic mass is 10.1. The van der Waals surface area contributed by atoms with Crippen LogP contribution in [0.5, 0.6) is 0 Å². The third-order valence-electron chi connectivity index (χ3n) is 6.64. The van der Waals surface area contributed by atoms with Gasteiger partial charge in [-0.25, -0.2) is 4.99 Å². The predicted molar refractivity (Wildman–Crippen MR) is 137 cm³/mol. The van der Waals surface area contributed by atoms with Crippen molar-refractivity contribution in [2.75, 3.05) is 38.3 Å². The second kappa shape index (κ2) is 13.0. The summed E-state index contributed by atoms with van der Waals surface area (Å²) in [5.41, 5.74) is 7.28. The van der Waals surface area contributed by atoms with Gasteiger partial charge >= 0.3 is 0 Å². The Hall–Kier alpha value is -1.83. The fraction of sp³-hybridized carbons (Fsp3) is 0.667. The molecular formula is C24H40ClN7. The van der Waals surface area contributed by atoms with E-state index in [1.54, 1.807) is 0 Å². The highest BCUT2D eigenvalue weighted by atomic mass is 35.5. The van der Waals surface area contributed by atoms with Crippen molar-refractivity contribution in [3.63, 3.8) is 0 Å². The number of halogens is 1. The second-order valence-electron chi connectivity index (χ2n) is 8.84. The molecule has 178 valence electrons. The Labute approximate surface area is 198 Å². The lowest BCUT2D eigenvalue weighted by molar-refractivity contribution is 0.267. The van der Waals surface area contributed by atoms with Crippen molar-refractivity contribution >= 4 is 29.2 Å². The fourth-order valence-corrected chi connectivity index (χ4v) is 4.72.